The topological polar surface area (TPSA) is 105 Å². The lowest BCUT2D eigenvalue weighted by molar-refractivity contribution is 0.0194. The van der Waals surface area contributed by atoms with Gasteiger partial charge in [0.15, 0.2) is 5.82 Å². The van der Waals surface area contributed by atoms with Crippen LogP contribution in [0.4, 0.5) is 16.3 Å². The summed E-state index contributed by atoms with van der Waals surface area (Å²) in [6.45, 7) is 14.3. The summed E-state index contributed by atoms with van der Waals surface area (Å²) in [7, 11) is -3.84. The van der Waals surface area contributed by atoms with Gasteiger partial charge in [0.2, 0.25) is 0 Å². The van der Waals surface area contributed by atoms with Crippen LogP contribution in [0.25, 0.3) is 0 Å². The lowest BCUT2D eigenvalue weighted by Crippen LogP contribution is -2.47. The molecule has 3 rings (SSSR count). The van der Waals surface area contributed by atoms with E-state index >= 15 is 0 Å². The molecule has 0 saturated carbocycles. The number of carbonyl (C=O) groups is 1. The van der Waals surface area contributed by atoms with Gasteiger partial charge in [-0.05, 0) is 72.4 Å². The Labute approximate surface area is 224 Å². The number of carbonyl (C=O) groups excluding carboxylic acids is 1. The molecule has 1 atom stereocenters. The first-order chi connectivity index (χ1) is 17.3. The van der Waals surface area contributed by atoms with Crippen LogP contribution < -0.4 is 5.32 Å². The fourth-order valence-electron chi connectivity index (χ4n) is 3.94. The van der Waals surface area contributed by atoms with Crippen LogP contribution in [0.5, 0.6) is 0 Å². The molecule has 2 aromatic rings. The van der Waals surface area contributed by atoms with Crippen LogP contribution in [0.15, 0.2) is 51.4 Å². The average Bonchev–Trinajstić information content (AvgIpc) is 3.25. The highest BCUT2D eigenvalue weighted by molar-refractivity contribution is 7.90. The Bertz CT molecular complexity index is 1290. The van der Waals surface area contributed by atoms with Gasteiger partial charge in [0, 0.05) is 30.9 Å². The number of aryl methyl sites for hydroxylation is 1. The summed E-state index contributed by atoms with van der Waals surface area (Å²) >= 11 is 5.61. The highest BCUT2D eigenvalue weighted by Crippen LogP contribution is 2.32. The number of rotatable bonds is 7. The summed E-state index contributed by atoms with van der Waals surface area (Å²) < 4.78 is 32.8. The molecule has 0 unspecified atom stereocenters. The predicted molar refractivity (Wildman–Crippen MR) is 151 cm³/mol. The lowest BCUT2D eigenvalue weighted by Gasteiger charge is -2.34. The lowest BCUT2D eigenvalue weighted by atomic mass is 9.98. The predicted octanol–water partition coefficient (Wildman–Crippen LogP) is 5.02. The molecule has 0 aliphatic carbocycles. The van der Waals surface area contributed by atoms with Gasteiger partial charge in [-0.25, -0.2) is 22.2 Å². The number of hydrogen-bond acceptors (Lipinski definition) is 7. The van der Waals surface area contributed by atoms with E-state index in [1.807, 2.05) is 34.6 Å². The maximum Gasteiger partial charge on any atom is 0.410 e. The molecular weight excluding hydrogens is 510 g/mol. The minimum Gasteiger partial charge on any atom is -0.444 e. The fraction of sp³-hybridized carbons (Fsp3) is 0.462. The number of aromatic nitrogens is 1. The standard InChI is InChI=1S/C26H35N5O4S2/c1-18-9-11-21(12-10-18)37(33,34)31-15-13-22(23(31)27-6)29-19(2)16-28-24(36)20-8-7-14-30(17-20)25(32)35-26(3,4)5/h9-13,15,20H,6-8,14,16-17H2,1-5H3,(H,28,36)/t20-/m1/s1. The Morgan fingerprint density at radius 2 is 1.92 bits per heavy atom. The molecule has 11 heteroatoms. The van der Waals surface area contributed by atoms with Gasteiger partial charge in [0.05, 0.1) is 16.4 Å². The van der Waals surface area contributed by atoms with Crippen LogP contribution in [0.3, 0.4) is 0 Å². The zero-order chi connectivity index (χ0) is 27.4. The fourth-order valence-corrected chi connectivity index (χ4v) is 5.51. The Balaban J connectivity index is 1.66. The number of piperidine rings is 1. The van der Waals surface area contributed by atoms with Crippen LogP contribution in [0.2, 0.25) is 0 Å². The third-order valence-electron chi connectivity index (χ3n) is 5.81. The number of thiocarbonyl (C=S) groups is 1. The molecule has 2 heterocycles. The summed E-state index contributed by atoms with van der Waals surface area (Å²) in [5.41, 5.74) is 1.50. The van der Waals surface area contributed by atoms with Crippen molar-refractivity contribution < 1.29 is 17.9 Å². The van der Waals surface area contributed by atoms with Crippen molar-refractivity contribution in [1.29, 1.82) is 0 Å². The maximum absolute atomic E-state index is 13.1. The summed E-state index contributed by atoms with van der Waals surface area (Å²) in [5, 5.41) is 3.24. The second kappa shape index (κ2) is 11.6. The SMILES string of the molecule is C=Nc1c(N=C(C)CNC(=S)[C@@H]2CCCN(C(=O)OC(C)(C)C)C2)ccn1S(=O)(=O)c1ccc(C)cc1. The quantitative estimate of drug-likeness (QED) is 0.387. The molecule has 0 spiro atoms. The zero-order valence-corrected chi connectivity index (χ0v) is 23.7. The molecule has 1 saturated heterocycles. The van der Waals surface area contributed by atoms with Gasteiger partial charge in [-0.15, -0.1) is 0 Å². The van der Waals surface area contributed by atoms with Crippen molar-refractivity contribution in [3.8, 4) is 0 Å². The van der Waals surface area contributed by atoms with E-state index in [0.717, 1.165) is 22.4 Å². The molecule has 0 bridgehead atoms. The Kier molecular flexibility index (Phi) is 8.91. The Morgan fingerprint density at radius 1 is 1.24 bits per heavy atom. The van der Waals surface area contributed by atoms with E-state index in [-0.39, 0.29) is 22.7 Å². The summed E-state index contributed by atoms with van der Waals surface area (Å²) in [5.74, 6) is 0.165. The van der Waals surface area contributed by atoms with E-state index in [1.54, 1.807) is 35.2 Å². The van der Waals surface area contributed by atoms with E-state index < -0.39 is 15.6 Å². The maximum atomic E-state index is 13.1. The van der Waals surface area contributed by atoms with Crippen molar-refractivity contribution in [1.82, 2.24) is 14.2 Å². The van der Waals surface area contributed by atoms with E-state index in [0.29, 0.717) is 36.0 Å². The third-order valence-corrected chi connectivity index (χ3v) is 7.96. The Hall–Kier alpha value is -3.05. The number of nitrogens with zero attached hydrogens (tertiary/aromatic N) is 4. The highest BCUT2D eigenvalue weighted by Gasteiger charge is 2.29. The van der Waals surface area contributed by atoms with E-state index in [4.69, 9.17) is 17.0 Å². The minimum absolute atomic E-state index is 0.0233. The zero-order valence-electron chi connectivity index (χ0n) is 22.0. The van der Waals surface area contributed by atoms with Crippen molar-refractivity contribution in [2.45, 2.75) is 58.0 Å². The van der Waals surface area contributed by atoms with Gasteiger partial charge < -0.3 is 15.0 Å². The molecule has 200 valence electrons. The van der Waals surface area contributed by atoms with Gasteiger partial charge in [-0.3, -0.25) is 4.99 Å². The van der Waals surface area contributed by atoms with Crippen LogP contribution in [0.1, 0.15) is 46.1 Å². The van der Waals surface area contributed by atoms with Crippen LogP contribution in [-0.4, -0.2) is 66.0 Å². The van der Waals surface area contributed by atoms with E-state index in [9.17, 15) is 13.2 Å². The van der Waals surface area contributed by atoms with Crippen molar-refractivity contribution >= 4 is 57.3 Å². The van der Waals surface area contributed by atoms with E-state index in [2.05, 4.69) is 22.0 Å². The number of nitrogens with one attached hydrogen (secondary N) is 1. The molecule has 1 N–H and O–H groups in total. The van der Waals surface area contributed by atoms with Gasteiger partial charge >= 0.3 is 6.09 Å². The smallest absolute Gasteiger partial charge is 0.410 e. The molecule has 1 aromatic heterocycles. The summed E-state index contributed by atoms with van der Waals surface area (Å²) in [6.07, 6.45) is 2.82. The molecule has 1 amide bonds. The van der Waals surface area contributed by atoms with Gasteiger partial charge in [-0.2, -0.15) is 0 Å². The Morgan fingerprint density at radius 3 is 2.54 bits per heavy atom. The first kappa shape index (κ1) is 28.5. The van der Waals surface area contributed by atoms with E-state index in [1.165, 1.54) is 6.20 Å². The molecule has 9 nitrogen and oxygen atoms in total. The normalized spacial score (nSPS) is 16.8. The summed E-state index contributed by atoms with van der Waals surface area (Å²) in [6, 6.07) is 8.21. The number of aliphatic imine (C=N–C) groups is 2. The van der Waals surface area contributed by atoms with Gasteiger partial charge in [-0.1, -0.05) is 29.9 Å². The monoisotopic (exact) mass is 545 g/mol. The third kappa shape index (κ3) is 7.26. The van der Waals surface area contributed by atoms with Crippen molar-refractivity contribution in [2.24, 2.45) is 15.9 Å². The second-order valence-electron chi connectivity index (χ2n) is 10.1. The molecule has 1 aliphatic rings. The molecule has 0 radical (unpaired) electrons. The highest BCUT2D eigenvalue weighted by atomic mass is 32.2. The van der Waals surface area contributed by atoms with Crippen molar-refractivity contribution in [3.05, 3.63) is 42.1 Å². The van der Waals surface area contributed by atoms with Crippen LogP contribution >= 0.6 is 12.2 Å². The van der Waals surface area contributed by atoms with Crippen LogP contribution in [-0.2, 0) is 14.8 Å². The first-order valence-corrected chi connectivity index (χ1v) is 14.0. The first-order valence-electron chi connectivity index (χ1n) is 12.1. The molecule has 1 aromatic carbocycles. The molecular formula is C26H35N5O4S2. The second-order valence-corrected chi connectivity index (χ2v) is 12.4. The largest absolute Gasteiger partial charge is 0.444 e. The average molecular weight is 546 g/mol. The van der Waals surface area contributed by atoms with Crippen LogP contribution in [0, 0.1) is 12.8 Å². The molecule has 1 aliphatic heterocycles. The number of ether oxygens (including phenoxy) is 1. The van der Waals surface area contributed by atoms with Crippen molar-refractivity contribution in [3.63, 3.8) is 0 Å². The number of amides is 1. The number of benzene rings is 1. The summed E-state index contributed by atoms with van der Waals surface area (Å²) in [4.78, 5) is 23.5. The van der Waals surface area contributed by atoms with Gasteiger partial charge in [0.1, 0.15) is 11.3 Å². The van der Waals surface area contributed by atoms with Gasteiger partial charge in [0.25, 0.3) is 10.0 Å². The number of likely N-dealkylation sites (tertiary alicyclic amines) is 1. The minimum atomic E-state index is -3.84. The van der Waals surface area contributed by atoms with Crippen molar-refractivity contribution in [2.75, 3.05) is 19.6 Å². The number of hydrogen-bond donors (Lipinski definition) is 1. The molecule has 37 heavy (non-hydrogen) atoms. The molecule has 1 fully saturated rings.